The van der Waals surface area contributed by atoms with Gasteiger partial charge in [-0.3, -0.25) is 0 Å². The fraction of sp³-hybridized carbons (Fsp3) is 1.00. The molecule has 0 nitrogen and oxygen atoms in total. The van der Waals surface area contributed by atoms with Gasteiger partial charge in [0, 0.05) is 7.26 Å². The van der Waals surface area contributed by atoms with E-state index in [0.29, 0.717) is 0 Å². The minimum atomic E-state index is -0.746. The van der Waals surface area contributed by atoms with Crippen LogP contribution in [0.4, 0.5) is 0 Å². The molecule has 0 fully saturated rings. The fourth-order valence-corrected chi connectivity index (χ4v) is 12.6. The molecule has 0 aromatic heterocycles. The third kappa shape index (κ3) is 36.4. The zero-order valence-corrected chi connectivity index (χ0v) is 36.2. The van der Waals surface area contributed by atoms with Gasteiger partial charge in [0.2, 0.25) is 0 Å². The minimum Gasteiger partial charge on any atom is -1.00 e. The quantitative estimate of drug-likeness (QED) is 0.0330. The van der Waals surface area contributed by atoms with E-state index in [9.17, 15) is 0 Å². The Balaban J connectivity index is 0. The lowest BCUT2D eigenvalue weighted by Gasteiger charge is -2.28. The first kappa shape index (κ1) is 49.3. The monoisotopic (exact) mass is 779 g/mol. The molecule has 0 unspecified atom stereocenters. The lowest BCUT2D eigenvalue weighted by Crippen LogP contribution is -3.00. The molecule has 0 aliphatic heterocycles. The first-order valence-corrected chi connectivity index (χ1v) is 24.6. The van der Waals surface area contributed by atoms with Gasteiger partial charge in [0.05, 0.1) is 24.6 Å². The van der Waals surface area contributed by atoms with Crippen molar-refractivity contribution in [3.05, 3.63) is 0 Å². The highest BCUT2D eigenvalue weighted by molar-refractivity contribution is 7.75. The highest BCUT2D eigenvalue weighted by atomic mass is 127. The van der Waals surface area contributed by atoms with Crippen LogP contribution < -0.4 is 24.0 Å². The third-order valence-electron chi connectivity index (χ3n) is 10.9. The van der Waals surface area contributed by atoms with Crippen LogP contribution in [0.25, 0.3) is 0 Å². The fourth-order valence-electron chi connectivity index (χ4n) is 7.70. The average Bonchev–Trinajstić information content (AvgIpc) is 3.05. The van der Waals surface area contributed by atoms with Crippen LogP contribution in [0.3, 0.4) is 0 Å². The van der Waals surface area contributed by atoms with Crippen LogP contribution in [-0.4, -0.2) is 24.6 Å². The standard InChI is InChI=1S/C44H92P.HI/c1-5-9-13-17-19-21-23-25-27-29-31-33-35-39-43-45(41-37-15-11-7-3,42-38-16-12-8-4)44-40-36-34-32-30-28-26-24-22-20-18-14-10-6-2;/h5-44H2,1-4H3;1H/q+1;/p-1. The molecule has 0 radical (unpaired) electrons. The highest BCUT2D eigenvalue weighted by Gasteiger charge is 2.34. The zero-order valence-electron chi connectivity index (χ0n) is 33.1. The molecule has 0 aromatic rings. The summed E-state index contributed by atoms with van der Waals surface area (Å²) in [7, 11) is -0.746. The van der Waals surface area contributed by atoms with E-state index in [2.05, 4.69) is 27.7 Å². The summed E-state index contributed by atoms with van der Waals surface area (Å²) < 4.78 is 0. The van der Waals surface area contributed by atoms with Crippen LogP contribution in [0.1, 0.15) is 259 Å². The Kier molecular flexibility index (Phi) is 45.3. The molecular formula is C44H92IP. The van der Waals surface area contributed by atoms with Crippen LogP contribution in [0.5, 0.6) is 0 Å². The van der Waals surface area contributed by atoms with Gasteiger partial charge in [-0.05, 0) is 51.4 Å². The molecule has 46 heavy (non-hydrogen) atoms. The molecule has 0 saturated carbocycles. The maximum absolute atomic E-state index is 2.39. The van der Waals surface area contributed by atoms with Crippen molar-refractivity contribution in [3.63, 3.8) is 0 Å². The van der Waals surface area contributed by atoms with Gasteiger partial charge >= 0.3 is 0 Å². The Morgan fingerprint density at radius 3 is 0.500 bits per heavy atom. The van der Waals surface area contributed by atoms with E-state index in [0.717, 1.165) is 0 Å². The van der Waals surface area contributed by atoms with Crippen molar-refractivity contribution in [1.29, 1.82) is 0 Å². The molecule has 0 bridgehead atoms. The number of halogens is 1. The van der Waals surface area contributed by atoms with Gasteiger partial charge in [0.15, 0.2) is 0 Å². The molecule has 280 valence electrons. The molecule has 2 heteroatoms. The Bertz CT molecular complexity index is 474. The van der Waals surface area contributed by atoms with E-state index < -0.39 is 7.26 Å². The lowest BCUT2D eigenvalue weighted by molar-refractivity contribution is -0.0000102. The van der Waals surface area contributed by atoms with E-state index in [1.165, 1.54) is 205 Å². The molecular weight excluding hydrogens is 686 g/mol. The summed E-state index contributed by atoms with van der Waals surface area (Å²) >= 11 is 0. The van der Waals surface area contributed by atoms with Crippen LogP contribution in [0.2, 0.25) is 0 Å². The van der Waals surface area contributed by atoms with Crippen molar-refractivity contribution < 1.29 is 24.0 Å². The van der Waals surface area contributed by atoms with E-state index in [1.807, 2.05) is 0 Å². The Labute approximate surface area is 313 Å². The molecule has 0 amide bonds. The highest BCUT2D eigenvalue weighted by Crippen LogP contribution is 2.61. The van der Waals surface area contributed by atoms with Crippen molar-refractivity contribution in [2.45, 2.75) is 259 Å². The van der Waals surface area contributed by atoms with Crippen molar-refractivity contribution in [2.24, 2.45) is 0 Å². The van der Waals surface area contributed by atoms with Crippen molar-refractivity contribution in [2.75, 3.05) is 24.6 Å². The Hall–Kier alpha value is 1.16. The first-order chi connectivity index (χ1) is 22.2. The second-order valence-corrected chi connectivity index (χ2v) is 20.0. The molecule has 0 rings (SSSR count). The predicted octanol–water partition coefficient (Wildman–Crippen LogP) is 14.1. The van der Waals surface area contributed by atoms with Crippen molar-refractivity contribution >= 4 is 7.26 Å². The molecule has 0 aromatic carbocycles. The van der Waals surface area contributed by atoms with E-state index in [4.69, 9.17) is 0 Å². The first-order valence-electron chi connectivity index (χ1n) is 22.1. The van der Waals surface area contributed by atoms with Gasteiger partial charge in [-0.25, -0.2) is 0 Å². The van der Waals surface area contributed by atoms with Gasteiger partial charge in [0.1, 0.15) is 0 Å². The van der Waals surface area contributed by atoms with Gasteiger partial charge in [0.25, 0.3) is 0 Å². The SMILES string of the molecule is CCCCCCCCCCCCCCCC[P+](CCCCCC)(CCCCCC)CCCCCCCCCCCCCCCC.[I-]. The number of hydrogen-bond acceptors (Lipinski definition) is 0. The summed E-state index contributed by atoms with van der Waals surface area (Å²) in [5.41, 5.74) is 0. The summed E-state index contributed by atoms with van der Waals surface area (Å²) in [6.07, 6.45) is 60.1. The average molecular weight is 779 g/mol. The summed E-state index contributed by atoms with van der Waals surface area (Å²) in [5, 5.41) is 0. The second-order valence-electron chi connectivity index (χ2n) is 15.5. The second kappa shape index (κ2) is 42.3. The van der Waals surface area contributed by atoms with E-state index >= 15 is 0 Å². The largest absolute Gasteiger partial charge is 1.00 e. The molecule has 0 saturated heterocycles. The maximum atomic E-state index is 2.39. The normalized spacial score (nSPS) is 11.7. The van der Waals surface area contributed by atoms with E-state index in [-0.39, 0.29) is 24.0 Å². The summed E-state index contributed by atoms with van der Waals surface area (Å²) in [4.78, 5) is 0. The van der Waals surface area contributed by atoms with Crippen LogP contribution in [0.15, 0.2) is 0 Å². The maximum Gasteiger partial charge on any atom is 0.0594 e. The van der Waals surface area contributed by atoms with Gasteiger partial charge in [-0.15, -0.1) is 0 Å². The molecule has 0 aliphatic rings. The zero-order chi connectivity index (χ0) is 32.8. The predicted molar refractivity (Wildman–Crippen MR) is 215 cm³/mol. The van der Waals surface area contributed by atoms with Gasteiger partial charge in [-0.1, -0.05) is 207 Å². The molecule has 0 heterocycles. The minimum absolute atomic E-state index is 0. The smallest absolute Gasteiger partial charge is 0.0594 e. The number of rotatable bonds is 40. The number of unbranched alkanes of at least 4 members (excludes halogenated alkanes) is 32. The molecule has 0 atom stereocenters. The molecule has 0 spiro atoms. The summed E-state index contributed by atoms with van der Waals surface area (Å²) in [6.45, 7) is 9.42. The van der Waals surface area contributed by atoms with Gasteiger partial charge < -0.3 is 24.0 Å². The molecule has 0 aliphatic carbocycles. The van der Waals surface area contributed by atoms with E-state index in [1.54, 1.807) is 50.3 Å². The summed E-state index contributed by atoms with van der Waals surface area (Å²) in [5.74, 6) is 0. The third-order valence-corrected chi connectivity index (χ3v) is 16.0. The van der Waals surface area contributed by atoms with Crippen molar-refractivity contribution in [1.82, 2.24) is 0 Å². The van der Waals surface area contributed by atoms with Crippen molar-refractivity contribution in [3.8, 4) is 0 Å². The Morgan fingerprint density at radius 1 is 0.196 bits per heavy atom. The molecule has 0 N–H and O–H groups in total. The lowest BCUT2D eigenvalue weighted by atomic mass is 10.0. The summed E-state index contributed by atoms with van der Waals surface area (Å²) in [6, 6.07) is 0. The van der Waals surface area contributed by atoms with Crippen LogP contribution in [0, 0.1) is 0 Å². The Morgan fingerprint density at radius 2 is 0.326 bits per heavy atom. The number of hydrogen-bond donors (Lipinski definition) is 0. The topological polar surface area (TPSA) is 0 Å². The van der Waals surface area contributed by atoms with Crippen LogP contribution in [-0.2, 0) is 0 Å². The van der Waals surface area contributed by atoms with Crippen LogP contribution >= 0.6 is 7.26 Å². The van der Waals surface area contributed by atoms with Gasteiger partial charge in [-0.2, -0.15) is 0 Å².